The van der Waals surface area contributed by atoms with E-state index in [1.54, 1.807) is 0 Å². The average molecular weight is 266 g/mol. The maximum atomic E-state index is 5.84. The Morgan fingerprint density at radius 3 is 2.20 bits per heavy atom. The molecular formula is C19H22O. The van der Waals surface area contributed by atoms with Crippen molar-refractivity contribution in [1.29, 1.82) is 0 Å². The van der Waals surface area contributed by atoms with Crippen LogP contribution in [0.1, 0.15) is 43.7 Å². The van der Waals surface area contributed by atoms with Gasteiger partial charge in [-0.3, -0.25) is 0 Å². The minimum atomic E-state index is 0.387. The minimum Gasteiger partial charge on any atom is -0.489 e. The van der Waals surface area contributed by atoms with E-state index >= 15 is 0 Å². The van der Waals surface area contributed by atoms with Gasteiger partial charge in [-0.2, -0.15) is 0 Å². The van der Waals surface area contributed by atoms with E-state index in [0.29, 0.717) is 12.0 Å². The van der Waals surface area contributed by atoms with Gasteiger partial charge in [0, 0.05) is 0 Å². The third-order valence-electron chi connectivity index (χ3n) is 4.51. The zero-order valence-corrected chi connectivity index (χ0v) is 12.1. The molecule has 0 aromatic heterocycles. The number of benzene rings is 2. The molecule has 0 aliphatic heterocycles. The van der Waals surface area contributed by atoms with Crippen LogP contribution in [0.5, 0.6) is 5.75 Å². The Morgan fingerprint density at radius 1 is 0.900 bits per heavy atom. The van der Waals surface area contributed by atoms with Crippen LogP contribution in [-0.2, 0) is 12.0 Å². The smallest absolute Gasteiger partial charge is 0.119 e. The van der Waals surface area contributed by atoms with E-state index in [1.807, 2.05) is 18.2 Å². The summed E-state index contributed by atoms with van der Waals surface area (Å²) < 4.78 is 5.84. The molecule has 1 saturated carbocycles. The Morgan fingerprint density at radius 2 is 1.55 bits per heavy atom. The first kappa shape index (κ1) is 13.2. The summed E-state index contributed by atoms with van der Waals surface area (Å²) in [4.78, 5) is 0. The van der Waals surface area contributed by atoms with Crippen molar-refractivity contribution in [3.05, 3.63) is 65.7 Å². The lowest BCUT2D eigenvalue weighted by Crippen LogP contribution is -2.16. The molecule has 1 aliphatic carbocycles. The molecule has 0 N–H and O–H groups in total. The molecule has 0 heterocycles. The third-order valence-corrected chi connectivity index (χ3v) is 4.51. The van der Waals surface area contributed by atoms with Crippen LogP contribution < -0.4 is 4.74 Å². The second-order valence-corrected chi connectivity index (χ2v) is 6.07. The lowest BCUT2D eigenvalue weighted by atomic mass is 9.81. The van der Waals surface area contributed by atoms with Crippen LogP contribution in [0.3, 0.4) is 0 Å². The van der Waals surface area contributed by atoms with E-state index in [2.05, 4.69) is 43.3 Å². The molecule has 0 unspecified atom stereocenters. The number of hydrogen-bond donors (Lipinski definition) is 0. The van der Waals surface area contributed by atoms with Gasteiger partial charge < -0.3 is 4.74 Å². The van der Waals surface area contributed by atoms with Gasteiger partial charge in [-0.15, -0.1) is 0 Å². The number of rotatable bonds is 4. The summed E-state index contributed by atoms with van der Waals surface area (Å²) in [5, 5.41) is 0. The summed E-state index contributed by atoms with van der Waals surface area (Å²) in [6.45, 7) is 3.03. The topological polar surface area (TPSA) is 9.23 Å². The van der Waals surface area contributed by atoms with Crippen molar-refractivity contribution in [2.75, 3.05) is 0 Å². The molecule has 0 radical (unpaired) electrons. The van der Waals surface area contributed by atoms with E-state index in [0.717, 1.165) is 5.75 Å². The van der Waals surface area contributed by atoms with Gasteiger partial charge in [-0.1, -0.05) is 62.2 Å². The first-order valence-corrected chi connectivity index (χ1v) is 7.54. The van der Waals surface area contributed by atoms with Crippen molar-refractivity contribution in [2.24, 2.45) is 0 Å². The second-order valence-electron chi connectivity index (χ2n) is 6.07. The molecule has 0 amide bonds. The molecule has 0 spiro atoms. The summed E-state index contributed by atoms with van der Waals surface area (Å²) in [7, 11) is 0. The maximum absolute atomic E-state index is 5.84. The Bertz CT molecular complexity index is 536. The first-order valence-electron chi connectivity index (χ1n) is 7.54. The molecule has 1 nitrogen and oxygen atoms in total. The number of ether oxygens (including phenoxy) is 1. The summed E-state index contributed by atoms with van der Waals surface area (Å²) in [6, 6.07) is 19.0. The fraction of sp³-hybridized carbons (Fsp3) is 0.368. The van der Waals surface area contributed by atoms with Gasteiger partial charge >= 0.3 is 0 Å². The number of hydrogen-bond acceptors (Lipinski definition) is 1. The lowest BCUT2D eigenvalue weighted by molar-refractivity contribution is 0.306. The highest BCUT2D eigenvalue weighted by atomic mass is 16.5. The lowest BCUT2D eigenvalue weighted by Gasteiger charge is -2.24. The summed E-state index contributed by atoms with van der Waals surface area (Å²) in [5.41, 5.74) is 3.05. The molecule has 1 heteroatoms. The molecule has 104 valence electrons. The van der Waals surface area contributed by atoms with Crippen molar-refractivity contribution >= 4 is 0 Å². The van der Waals surface area contributed by atoms with Gasteiger partial charge in [-0.05, 0) is 41.5 Å². The van der Waals surface area contributed by atoms with Crippen molar-refractivity contribution in [3.8, 4) is 5.75 Å². The molecule has 2 aromatic rings. The largest absolute Gasteiger partial charge is 0.489 e. The van der Waals surface area contributed by atoms with Crippen LogP contribution in [-0.4, -0.2) is 0 Å². The van der Waals surface area contributed by atoms with Crippen molar-refractivity contribution < 1.29 is 4.74 Å². The Balaban J connectivity index is 1.64. The van der Waals surface area contributed by atoms with E-state index in [1.165, 1.54) is 36.8 Å². The molecule has 1 aliphatic rings. The van der Waals surface area contributed by atoms with Gasteiger partial charge in [0.05, 0.1) is 0 Å². The zero-order valence-electron chi connectivity index (χ0n) is 12.1. The van der Waals surface area contributed by atoms with E-state index in [4.69, 9.17) is 4.74 Å². The standard InChI is InChI=1S/C19H22O/c1-19(13-5-6-14-19)17-9-11-18(12-10-17)20-15-16-7-3-2-4-8-16/h2-4,7-12H,5-6,13-15H2,1H3. The molecule has 0 bridgehead atoms. The fourth-order valence-electron chi connectivity index (χ4n) is 3.14. The molecule has 0 saturated heterocycles. The van der Waals surface area contributed by atoms with Crippen LogP contribution in [0, 0.1) is 0 Å². The van der Waals surface area contributed by atoms with Crippen LogP contribution in [0.15, 0.2) is 54.6 Å². The Kier molecular flexibility index (Phi) is 3.77. The molecule has 2 aromatic carbocycles. The summed E-state index contributed by atoms with van der Waals surface area (Å²) in [6.07, 6.45) is 5.36. The van der Waals surface area contributed by atoms with Gasteiger partial charge in [0.2, 0.25) is 0 Å². The van der Waals surface area contributed by atoms with E-state index in [9.17, 15) is 0 Å². The van der Waals surface area contributed by atoms with E-state index in [-0.39, 0.29) is 0 Å². The Labute approximate surface area is 121 Å². The van der Waals surface area contributed by atoms with Crippen molar-refractivity contribution in [1.82, 2.24) is 0 Å². The molecule has 3 rings (SSSR count). The Hall–Kier alpha value is -1.76. The molecule has 0 atom stereocenters. The van der Waals surface area contributed by atoms with Gasteiger partial charge in [0.15, 0.2) is 0 Å². The van der Waals surface area contributed by atoms with Crippen LogP contribution >= 0.6 is 0 Å². The predicted octanol–water partition coefficient (Wildman–Crippen LogP) is 5.10. The van der Waals surface area contributed by atoms with E-state index < -0.39 is 0 Å². The van der Waals surface area contributed by atoms with Gasteiger partial charge in [0.25, 0.3) is 0 Å². The normalized spacial score (nSPS) is 17.1. The predicted molar refractivity (Wildman–Crippen MR) is 83.0 cm³/mol. The minimum absolute atomic E-state index is 0.387. The average Bonchev–Trinajstić information content (AvgIpc) is 2.95. The molecule has 20 heavy (non-hydrogen) atoms. The first-order chi connectivity index (χ1) is 9.76. The third kappa shape index (κ3) is 2.87. The van der Waals surface area contributed by atoms with Crippen molar-refractivity contribution in [2.45, 2.75) is 44.6 Å². The second kappa shape index (κ2) is 5.70. The molecule has 1 fully saturated rings. The van der Waals surface area contributed by atoms with Gasteiger partial charge in [-0.25, -0.2) is 0 Å². The SMILES string of the molecule is CC1(c2ccc(OCc3ccccc3)cc2)CCCC1. The maximum Gasteiger partial charge on any atom is 0.119 e. The summed E-state index contributed by atoms with van der Waals surface area (Å²) in [5.74, 6) is 0.958. The van der Waals surface area contributed by atoms with Gasteiger partial charge in [0.1, 0.15) is 12.4 Å². The van der Waals surface area contributed by atoms with Crippen LogP contribution in [0.25, 0.3) is 0 Å². The zero-order chi connectivity index (χ0) is 13.8. The van der Waals surface area contributed by atoms with Crippen molar-refractivity contribution in [3.63, 3.8) is 0 Å². The quantitative estimate of drug-likeness (QED) is 0.748. The summed E-state index contributed by atoms with van der Waals surface area (Å²) >= 11 is 0. The van der Waals surface area contributed by atoms with Crippen LogP contribution in [0.2, 0.25) is 0 Å². The highest BCUT2D eigenvalue weighted by molar-refractivity contribution is 5.32. The highest BCUT2D eigenvalue weighted by Gasteiger charge is 2.30. The highest BCUT2D eigenvalue weighted by Crippen LogP contribution is 2.40. The monoisotopic (exact) mass is 266 g/mol. The molecular weight excluding hydrogens is 244 g/mol. The fourth-order valence-corrected chi connectivity index (χ4v) is 3.14. The van der Waals surface area contributed by atoms with Crippen LogP contribution in [0.4, 0.5) is 0 Å².